The van der Waals surface area contributed by atoms with Crippen LogP contribution in [-0.2, 0) is 16.1 Å². The molecule has 0 unspecified atom stereocenters. The van der Waals surface area contributed by atoms with E-state index in [9.17, 15) is 14.7 Å². The van der Waals surface area contributed by atoms with Gasteiger partial charge in [0.15, 0.2) is 0 Å². The SMILES string of the molecule is CCCOc1ccc(C(O)=C2C(=O)C(=O)N(Cc3cccnc3)[C@@H]2c2ccncc2)cc1. The molecule has 32 heavy (non-hydrogen) atoms. The average molecular weight is 429 g/mol. The van der Waals surface area contributed by atoms with Gasteiger partial charge in [-0.2, -0.15) is 0 Å². The first kappa shape index (κ1) is 21.2. The van der Waals surface area contributed by atoms with Crippen molar-refractivity contribution in [2.75, 3.05) is 6.61 Å². The number of hydrogen-bond acceptors (Lipinski definition) is 6. The molecule has 1 aromatic carbocycles. The Balaban J connectivity index is 1.76. The molecular weight excluding hydrogens is 406 g/mol. The summed E-state index contributed by atoms with van der Waals surface area (Å²) in [6.07, 6.45) is 7.37. The molecule has 1 N–H and O–H groups in total. The smallest absolute Gasteiger partial charge is 0.295 e. The molecule has 1 amide bonds. The molecule has 7 heteroatoms. The topological polar surface area (TPSA) is 92.6 Å². The lowest BCUT2D eigenvalue weighted by molar-refractivity contribution is -0.140. The van der Waals surface area contributed by atoms with Crippen LogP contribution in [0.4, 0.5) is 0 Å². The standard InChI is InChI=1S/C25H23N3O4/c1-2-14-32-20-7-5-19(6-8-20)23(29)21-22(18-9-12-26-13-10-18)28(25(31)24(21)30)16-17-4-3-11-27-15-17/h3-13,15,22,29H,2,14,16H2,1H3/t22-/m1/s1. The quantitative estimate of drug-likeness (QED) is 0.348. The highest BCUT2D eigenvalue weighted by Crippen LogP contribution is 2.40. The molecule has 0 saturated carbocycles. The monoisotopic (exact) mass is 429 g/mol. The summed E-state index contributed by atoms with van der Waals surface area (Å²) in [5.74, 6) is -0.938. The highest BCUT2D eigenvalue weighted by atomic mass is 16.5. The van der Waals surface area contributed by atoms with E-state index in [1.807, 2.05) is 13.0 Å². The number of amides is 1. The first-order chi connectivity index (χ1) is 15.6. The second-order valence-corrected chi connectivity index (χ2v) is 7.44. The molecule has 1 aliphatic heterocycles. The minimum absolute atomic E-state index is 0.0484. The number of Topliss-reactive ketones (excluding diaryl/α,β-unsaturated/α-hetero) is 1. The van der Waals surface area contributed by atoms with Crippen LogP contribution >= 0.6 is 0 Å². The maximum Gasteiger partial charge on any atom is 0.295 e. The number of ketones is 1. The van der Waals surface area contributed by atoms with Gasteiger partial charge in [0.1, 0.15) is 11.5 Å². The summed E-state index contributed by atoms with van der Waals surface area (Å²) in [6, 6.07) is 13.2. The number of pyridine rings is 2. The Morgan fingerprint density at radius 3 is 2.44 bits per heavy atom. The van der Waals surface area contributed by atoms with E-state index in [0.29, 0.717) is 23.5 Å². The molecule has 1 fully saturated rings. The van der Waals surface area contributed by atoms with Crippen LogP contribution in [-0.4, -0.2) is 38.3 Å². The number of aromatic nitrogens is 2. The largest absolute Gasteiger partial charge is 0.507 e. The fourth-order valence-corrected chi connectivity index (χ4v) is 3.71. The molecule has 2 aromatic heterocycles. The molecular formula is C25H23N3O4. The molecule has 0 bridgehead atoms. The van der Waals surface area contributed by atoms with Crippen molar-refractivity contribution in [2.45, 2.75) is 25.9 Å². The first-order valence-electron chi connectivity index (χ1n) is 10.4. The maximum atomic E-state index is 13.0. The molecule has 7 nitrogen and oxygen atoms in total. The van der Waals surface area contributed by atoms with Gasteiger partial charge in [0.05, 0.1) is 18.2 Å². The lowest BCUT2D eigenvalue weighted by atomic mass is 9.96. The zero-order chi connectivity index (χ0) is 22.5. The van der Waals surface area contributed by atoms with Gasteiger partial charge >= 0.3 is 0 Å². The van der Waals surface area contributed by atoms with Gasteiger partial charge in [0, 0.05) is 36.9 Å². The second-order valence-electron chi connectivity index (χ2n) is 7.44. The number of aliphatic hydroxyl groups excluding tert-OH is 1. The van der Waals surface area contributed by atoms with Crippen molar-refractivity contribution in [1.82, 2.24) is 14.9 Å². The molecule has 4 rings (SSSR count). The zero-order valence-corrected chi connectivity index (χ0v) is 17.6. The van der Waals surface area contributed by atoms with Crippen molar-refractivity contribution in [2.24, 2.45) is 0 Å². The van der Waals surface area contributed by atoms with Crippen molar-refractivity contribution in [1.29, 1.82) is 0 Å². The Morgan fingerprint density at radius 1 is 1.03 bits per heavy atom. The third kappa shape index (κ3) is 4.23. The van der Waals surface area contributed by atoms with Gasteiger partial charge in [-0.15, -0.1) is 0 Å². The summed E-state index contributed by atoms with van der Waals surface area (Å²) in [6.45, 7) is 2.79. The van der Waals surface area contributed by atoms with Gasteiger partial charge in [-0.3, -0.25) is 19.6 Å². The number of likely N-dealkylation sites (tertiary alicyclic amines) is 1. The molecule has 0 radical (unpaired) electrons. The number of benzene rings is 1. The van der Waals surface area contributed by atoms with Crippen LogP contribution in [0.15, 0.2) is 78.9 Å². The van der Waals surface area contributed by atoms with E-state index in [1.54, 1.807) is 67.3 Å². The van der Waals surface area contributed by atoms with Gasteiger partial charge in [0.25, 0.3) is 11.7 Å². The summed E-state index contributed by atoms with van der Waals surface area (Å²) in [5.41, 5.74) is 1.96. The Hall–Kier alpha value is -4.00. The van der Waals surface area contributed by atoms with E-state index < -0.39 is 17.7 Å². The van der Waals surface area contributed by atoms with Crippen LogP contribution in [0.5, 0.6) is 5.75 Å². The van der Waals surface area contributed by atoms with Crippen molar-refractivity contribution >= 4 is 17.4 Å². The highest BCUT2D eigenvalue weighted by molar-refractivity contribution is 6.46. The van der Waals surface area contributed by atoms with Gasteiger partial charge in [0.2, 0.25) is 0 Å². The number of aliphatic hydroxyl groups is 1. The van der Waals surface area contributed by atoms with Crippen molar-refractivity contribution in [3.05, 3.63) is 95.6 Å². The van der Waals surface area contributed by atoms with Crippen molar-refractivity contribution < 1.29 is 19.4 Å². The first-order valence-corrected chi connectivity index (χ1v) is 10.4. The van der Waals surface area contributed by atoms with E-state index in [4.69, 9.17) is 4.74 Å². The molecule has 162 valence electrons. The number of carbonyl (C=O) groups excluding carboxylic acids is 2. The second kappa shape index (κ2) is 9.43. The average Bonchev–Trinajstić information content (AvgIpc) is 3.09. The van der Waals surface area contributed by atoms with E-state index >= 15 is 0 Å². The maximum absolute atomic E-state index is 13.0. The van der Waals surface area contributed by atoms with Crippen LogP contribution in [0.25, 0.3) is 5.76 Å². The molecule has 1 aliphatic rings. The summed E-state index contributed by atoms with van der Waals surface area (Å²) in [4.78, 5) is 35.6. The molecule has 1 saturated heterocycles. The Kier molecular flexibility index (Phi) is 6.26. The molecule has 1 atom stereocenters. The highest BCUT2D eigenvalue weighted by Gasteiger charge is 2.46. The summed E-state index contributed by atoms with van der Waals surface area (Å²) >= 11 is 0. The van der Waals surface area contributed by atoms with Gasteiger partial charge in [-0.25, -0.2) is 0 Å². The fraction of sp³-hybridized carbons (Fsp3) is 0.200. The molecule has 3 heterocycles. The van der Waals surface area contributed by atoms with Crippen LogP contribution in [0.2, 0.25) is 0 Å². The predicted molar refractivity (Wildman–Crippen MR) is 119 cm³/mol. The lowest BCUT2D eigenvalue weighted by Gasteiger charge is -2.25. The molecule has 3 aromatic rings. The Labute approximate surface area is 186 Å². The number of hydrogen-bond donors (Lipinski definition) is 1. The van der Waals surface area contributed by atoms with Crippen LogP contribution in [0.1, 0.15) is 36.1 Å². The third-order valence-electron chi connectivity index (χ3n) is 5.24. The fourth-order valence-electron chi connectivity index (χ4n) is 3.71. The molecule has 0 spiro atoms. The third-order valence-corrected chi connectivity index (χ3v) is 5.24. The van der Waals surface area contributed by atoms with Crippen LogP contribution < -0.4 is 4.74 Å². The van der Waals surface area contributed by atoms with Gasteiger partial charge < -0.3 is 14.7 Å². The summed E-state index contributed by atoms with van der Waals surface area (Å²) < 4.78 is 5.59. The lowest BCUT2D eigenvalue weighted by Crippen LogP contribution is -2.29. The minimum Gasteiger partial charge on any atom is -0.507 e. The van der Waals surface area contributed by atoms with Gasteiger partial charge in [-0.05, 0) is 60.0 Å². The minimum atomic E-state index is -0.741. The summed E-state index contributed by atoms with van der Waals surface area (Å²) in [5, 5.41) is 11.1. The Morgan fingerprint density at radius 2 is 1.78 bits per heavy atom. The van der Waals surface area contributed by atoms with Crippen molar-refractivity contribution in [3.63, 3.8) is 0 Å². The van der Waals surface area contributed by atoms with Gasteiger partial charge in [-0.1, -0.05) is 13.0 Å². The van der Waals surface area contributed by atoms with E-state index in [1.165, 1.54) is 4.90 Å². The number of rotatable bonds is 7. The van der Waals surface area contributed by atoms with Crippen LogP contribution in [0, 0.1) is 0 Å². The van der Waals surface area contributed by atoms with E-state index in [2.05, 4.69) is 9.97 Å². The number of carbonyl (C=O) groups is 2. The van der Waals surface area contributed by atoms with Crippen LogP contribution in [0.3, 0.4) is 0 Å². The molecule has 0 aliphatic carbocycles. The summed E-state index contributed by atoms with van der Waals surface area (Å²) in [7, 11) is 0. The predicted octanol–water partition coefficient (Wildman–Crippen LogP) is 3.89. The van der Waals surface area contributed by atoms with Crippen molar-refractivity contribution in [3.8, 4) is 5.75 Å². The van der Waals surface area contributed by atoms with E-state index in [-0.39, 0.29) is 17.9 Å². The number of ether oxygens (including phenoxy) is 1. The normalized spacial score (nSPS) is 17.5. The number of nitrogens with zero attached hydrogens (tertiary/aromatic N) is 3. The Bertz CT molecular complexity index is 1130. The van der Waals surface area contributed by atoms with E-state index in [0.717, 1.165) is 12.0 Å². The zero-order valence-electron chi connectivity index (χ0n) is 17.6.